The van der Waals surface area contributed by atoms with E-state index in [4.69, 9.17) is 4.74 Å². The number of carbonyl (C=O) groups is 2. The molecule has 0 spiro atoms. The van der Waals surface area contributed by atoms with Crippen LogP contribution in [0.1, 0.15) is 32.3 Å². The largest absolute Gasteiger partial charge is 0.438 e. The summed E-state index contributed by atoms with van der Waals surface area (Å²) in [6.45, 7) is 4.22. The zero-order valence-electron chi connectivity index (χ0n) is 15.4. The van der Waals surface area contributed by atoms with Gasteiger partial charge in [0, 0.05) is 25.6 Å². The number of thiol groups is 1. The van der Waals surface area contributed by atoms with Crippen LogP contribution in [0.15, 0.2) is 54.6 Å². The van der Waals surface area contributed by atoms with Gasteiger partial charge < -0.3 is 9.64 Å². The van der Waals surface area contributed by atoms with Gasteiger partial charge in [-0.05, 0) is 31.4 Å². The maximum atomic E-state index is 12.5. The normalized spacial score (nSPS) is 11.1. The molecule has 0 aromatic heterocycles. The summed E-state index contributed by atoms with van der Waals surface area (Å²) in [6.07, 6.45) is 0.486. The lowest BCUT2D eigenvalue weighted by molar-refractivity contribution is -0.110. The lowest BCUT2D eigenvalue weighted by atomic mass is 9.89. The summed E-state index contributed by atoms with van der Waals surface area (Å²) in [7, 11) is 1.67. The Morgan fingerprint density at radius 1 is 1.04 bits per heavy atom. The van der Waals surface area contributed by atoms with Crippen molar-refractivity contribution in [3.8, 4) is 11.1 Å². The van der Waals surface area contributed by atoms with Crippen molar-refractivity contribution in [2.45, 2.75) is 32.3 Å². The standard InChI is InChI=1S/C21H25NO3S/c1-21(2,25-20(24)22(3)15-9-14-19(23)26)18-13-8-7-12-17(18)16-10-5-4-6-11-16/h4-8,10-13H,9,14-15H2,1-3H3,(H,23,26). The first-order valence-electron chi connectivity index (χ1n) is 8.62. The van der Waals surface area contributed by atoms with E-state index < -0.39 is 11.7 Å². The first-order chi connectivity index (χ1) is 12.3. The molecule has 0 N–H and O–H groups in total. The van der Waals surface area contributed by atoms with Crippen molar-refractivity contribution in [2.75, 3.05) is 13.6 Å². The van der Waals surface area contributed by atoms with Crippen molar-refractivity contribution >= 4 is 23.8 Å². The molecule has 2 aromatic carbocycles. The quantitative estimate of drug-likeness (QED) is 0.705. The maximum absolute atomic E-state index is 12.5. The van der Waals surface area contributed by atoms with Crippen LogP contribution in [0, 0.1) is 0 Å². The van der Waals surface area contributed by atoms with E-state index >= 15 is 0 Å². The molecule has 2 aromatic rings. The minimum atomic E-state index is -0.795. The number of hydrogen-bond acceptors (Lipinski definition) is 3. The molecule has 0 saturated heterocycles. The SMILES string of the molecule is CN(CCCC(=O)S)C(=O)OC(C)(C)c1ccccc1-c1ccccc1. The molecule has 0 heterocycles. The number of benzene rings is 2. The second kappa shape index (κ2) is 8.90. The molecular formula is C21H25NO3S. The van der Waals surface area contributed by atoms with Crippen molar-refractivity contribution in [3.63, 3.8) is 0 Å². The number of amides is 1. The van der Waals surface area contributed by atoms with Crippen molar-refractivity contribution in [1.29, 1.82) is 0 Å². The Morgan fingerprint density at radius 2 is 1.65 bits per heavy atom. The van der Waals surface area contributed by atoms with Crippen molar-refractivity contribution in [1.82, 2.24) is 4.90 Å². The van der Waals surface area contributed by atoms with E-state index in [2.05, 4.69) is 12.6 Å². The van der Waals surface area contributed by atoms with Crippen LogP contribution in [-0.4, -0.2) is 29.7 Å². The van der Waals surface area contributed by atoms with Crippen LogP contribution < -0.4 is 0 Å². The van der Waals surface area contributed by atoms with Crippen LogP contribution in [0.4, 0.5) is 4.79 Å². The minimum absolute atomic E-state index is 0.177. The van der Waals surface area contributed by atoms with E-state index in [9.17, 15) is 9.59 Å². The summed E-state index contributed by atoms with van der Waals surface area (Å²) >= 11 is 3.74. The summed E-state index contributed by atoms with van der Waals surface area (Å²) in [5, 5.41) is -0.177. The predicted molar refractivity (Wildman–Crippen MR) is 107 cm³/mol. The fourth-order valence-corrected chi connectivity index (χ4v) is 2.95. The molecule has 0 unspecified atom stereocenters. The highest BCUT2D eigenvalue weighted by atomic mass is 32.1. The van der Waals surface area contributed by atoms with E-state index in [0.717, 1.165) is 16.7 Å². The maximum Gasteiger partial charge on any atom is 0.410 e. The predicted octanol–water partition coefficient (Wildman–Crippen LogP) is 4.89. The van der Waals surface area contributed by atoms with Gasteiger partial charge in [0.25, 0.3) is 0 Å². The van der Waals surface area contributed by atoms with Gasteiger partial charge in [0.1, 0.15) is 5.60 Å². The molecule has 0 aliphatic heterocycles. The summed E-state index contributed by atoms with van der Waals surface area (Å²) in [4.78, 5) is 24.9. The van der Waals surface area contributed by atoms with Gasteiger partial charge in [-0.25, -0.2) is 4.79 Å². The number of ether oxygens (including phenoxy) is 1. The Morgan fingerprint density at radius 3 is 2.31 bits per heavy atom. The first kappa shape index (κ1) is 20.0. The second-order valence-electron chi connectivity index (χ2n) is 6.71. The average molecular weight is 372 g/mol. The molecule has 2 rings (SSSR count). The van der Waals surface area contributed by atoms with Gasteiger partial charge in [0.15, 0.2) is 5.12 Å². The Kier molecular flexibility index (Phi) is 6.86. The molecule has 0 radical (unpaired) electrons. The second-order valence-corrected chi connectivity index (χ2v) is 7.21. The van der Waals surface area contributed by atoms with Crippen LogP contribution in [0.3, 0.4) is 0 Å². The van der Waals surface area contributed by atoms with E-state index in [0.29, 0.717) is 19.4 Å². The van der Waals surface area contributed by atoms with Crippen LogP contribution in [0.5, 0.6) is 0 Å². The summed E-state index contributed by atoms with van der Waals surface area (Å²) in [5.74, 6) is 0. The van der Waals surface area contributed by atoms with E-state index in [1.807, 2.05) is 68.4 Å². The third-order valence-electron chi connectivity index (χ3n) is 4.20. The molecule has 1 amide bonds. The van der Waals surface area contributed by atoms with Gasteiger partial charge in [0.05, 0.1) is 0 Å². The topological polar surface area (TPSA) is 46.6 Å². The molecule has 5 heteroatoms. The molecule has 138 valence electrons. The van der Waals surface area contributed by atoms with E-state index in [1.165, 1.54) is 4.90 Å². The monoisotopic (exact) mass is 371 g/mol. The number of carbonyl (C=O) groups excluding carboxylic acids is 2. The molecule has 4 nitrogen and oxygen atoms in total. The van der Waals surface area contributed by atoms with E-state index in [-0.39, 0.29) is 5.12 Å². The molecule has 26 heavy (non-hydrogen) atoms. The molecule has 0 atom stereocenters. The number of rotatable bonds is 7. The van der Waals surface area contributed by atoms with Crippen molar-refractivity contribution in [2.24, 2.45) is 0 Å². The van der Waals surface area contributed by atoms with Crippen molar-refractivity contribution in [3.05, 3.63) is 60.2 Å². The summed E-state index contributed by atoms with van der Waals surface area (Å²) in [6, 6.07) is 18.0. The average Bonchev–Trinajstić information content (AvgIpc) is 2.61. The Balaban J connectivity index is 2.15. The molecule has 0 saturated carbocycles. The van der Waals surface area contributed by atoms with Crippen LogP contribution >= 0.6 is 12.6 Å². The summed E-state index contributed by atoms with van der Waals surface area (Å²) < 4.78 is 5.79. The third-order valence-corrected chi connectivity index (χ3v) is 4.42. The van der Waals surface area contributed by atoms with Crippen molar-refractivity contribution < 1.29 is 14.3 Å². The zero-order chi connectivity index (χ0) is 19.2. The summed E-state index contributed by atoms with van der Waals surface area (Å²) in [5.41, 5.74) is 2.26. The number of hydrogen-bond donors (Lipinski definition) is 1. The first-order valence-corrected chi connectivity index (χ1v) is 9.07. The van der Waals surface area contributed by atoms with Gasteiger partial charge >= 0.3 is 6.09 Å². The fourth-order valence-electron chi connectivity index (χ4n) is 2.79. The van der Waals surface area contributed by atoms with Gasteiger partial charge in [-0.3, -0.25) is 4.79 Å². The molecule has 0 aliphatic rings. The van der Waals surface area contributed by atoms with Crippen LogP contribution in [-0.2, 0) is 15.1 Å². The molecule has 0 fully saturated rings. The Hall–Kier alpha value is -2.27. The highest BCUT2D eigenvalue weighted by Crippen LogP contribution is 2.34. The van der Waals surface area contributed by atoms with Gasteiger partial charge in [-0.2, -0.15) is 0 Å². The van der Waals surface area contributed by atoms with Crippen LogP contribution in [0.25, 0.3) is 11.1 Å². The van der Waals surface area contributed by atoms with Gasteiger partial charge in [-0.1, -0.05) is 54.6 Å². The molecular weight excluding hydrogens is 346 g/mol. The molecule has 0 bridgehead atoms. The lowest BCUT2D eigenvalue weighted by Crippen LogP contribution is -2.35. The molecule has 0 aliphatic carbocycles. The Labute approximate surface area is 160 Å². The fraction of sp³-hybridized carbons (Fsp3) is 0.333. The lowest BCUT2D eigenvalue weighted by Gasteiger charge is -2.30. The highest BCUT2D eigenvalue weighted by molar-refractivity contribution is 7.96. The zero-order valence-corrected chi connectivity index (χ0v) is 16.3. The minimum Gasteiger partial charge on any atom is -0.438 e. The van der Waals surface area contributed by atoms with Crippen LogP contribution in [0.2, 0.25) is 0 Å². The third kappa shape index (κ3) is 5.36. The highest BCUT2D eigenvalue weighted by Gasteiger charge is 2.29. The van der Waals surface area contributed by atoms with E-state index in [1.54, 1.807) is 7.05 Å². The Bertz CT molecular complexity index is 759. The van der Waals surface area contributed by atoms with Gasteiger partial charge in [0.2, 0.25) is 0 Å². The number of nitrogens with zero attached hydrogens (tertiary/aromatic N) is 1. The van der Waals surface area contributed by atoms with Gasteiger partial charge in [-0.15, -0.1) is 12.6 Å². The smallest absolute Gasteiger partial charge is 0.410 e.